The van der Waals surface area contributed by atoms with Crippen LogP contribution >= 0.6 is 11.3 Å². The van der Waals surface area contributed by atoms with Crippen LogP contribution in [0.25, 0.3) is 0 Å². The highest BCUT2D eigenvalue weighted by Gasteiger charge is 2.24. The molecule has 0 spiro atoms. The summed E-state index contributed by atoms with van der Waals surface area (Å²) in [5.74, 6) is -0.151. The van der Waals surface area contributed by atoms with Crippen molar-refractivity contribution in [3.05, 3.63) is 87.6 Å². The predicted octanol–water partition coefficient (Wildman–Crippen LogP) is 5.18. The molecule has 1 fully saturated rings. The number of anilines is 1. The van der Waals surface area contributed by atoms with Gasteiger partial charge < -0.3 is 10.1 Å². The van der Waals surface area contributed by atoms with Crippen molar-refractivity contribution in [3.8, 4) is 0 Å². The van der Waals surface area contributed by atoms with Crippen molar-refractivity contribution in [2.75, 3.05) is 18.1 Å². The highest BCUT2D eigenvalue weighted by atomic mass is 32.1. The first-order valence-corrected chi connectivity index (χ1v) is 11.0. The Hall–Kier alpha value is -3.12. The maximum atomic E-state index is 13.0. The summed E-state index contributed by atoms with van der Waals surface area (Å²) in [7, 11) is 0. The van der Waals surface area contributed by atoms with E-state index in [4.69, 9.17) is 4.74 Å². The van der Waals surface area contributed by atoms with Crippen LogP contribution in [-0.4, -0.2) is 25.2 Å². The second-order valence-electron chi connectivity index (χ2n) is 7.23. The Balaban J connectivity index is 1.52. The number of hydrogen-bond acceptors (Lipinski definition) is 4. The van der Waals surface area contributed by atoms with Gasteiger partial charge in [0.1, 0.15) is 6.61 Å². The van der Waals surface area contributed by atoms with Gasteiger partial charge in [-0.3, -0.25) is 9.69 Å². The van der Waals surface area contributed by atoms with E-state index in [0.29, 0.717) is 18.7 Å². The van der Waals surface area contributed by atoms with Crippen LogP contribution in [0.4, 0.5) is 10.5 Å². The monoisotopic (exact) mass is 420 g/mol. The van der Waals surface area contributed by atoms with Crippen molar-refractivity contribution < 1.29 is 14.3 Å². The maximum absolute atomic E-state index is 13.0. The van der Waals surface area contributed by atoms with Gasteiger partial charge >= 0.3 is 6.09 Å². The van der Waals surface area contributed by atoms with E-state index in [9.17, 15) is 9.59 Å². The lowest BCUT2D eigenvalue weighted by molar-refractivity contribution is 0.0943. The first-order chi connectivity index (χ1) is 14.7. The van der Waals surface area contributed by atoms with Gasteiger partial charge in [0.05, 0.1) is 12.6 Å². The van der Waals surface area contributed by atoms with Gasteiger partial charge in [0.15, 0.2) is 0 Å². The molecule has 1 atom stereocenters. The zero-order valence-corrected chi connectivity index (χ0v) is 17.7. The summed E-state index contributed by atoms with van der Waals surface area (Å²) in [6.07, 6.45) is 1.81. The smallest absolute Gasteiger partial charge is 0.414 e. The molecule has 1 aliphatic rings. The first-order valence-electron chi connectivity index (χ1n) is 10.1. The second kappa shape index (κ2) is 9.13. The fourth-order valence-corrected chi connectivity index (χ4v) is 4.38. The van der Waals surface area contributed by atoms with E-state index in [-0.39, 0.29) is 18.0 Å². The Bertz CT molecular complexity index is 998. The molecule has 0 aliphatic carbocycles. The SMILES string of the molecule is CCCc1ccc(C(NC(=O)c2ccc(N3CCOC3=O)cc2)c2cccs2)cc1. The Morgan fingerprint density at radius 1 is 1.13 bits per heavy atom. The average molecular weight is 421 g/mol. The zero-order chi connectivity index (χ0) is 20.9. The van der Waals surface area contributed by atoms with Crippen LogP contribution in [0, 0.1) is 0 Å². The van der Waals surface area contributed by atoms with Gasteiger partial charge in [0, 0.05) is 16.1 Å². The van der Waals surface area contributed by atoms with E-state index < -0.39 is 0 Å². The van der Waals surface area contributed by atoms with Gasteiger partial charge in [0.25, 0.3) is 5.91 Å². The minimum Gasteiger partial charge on any atom is -0.447 e. The largest absolute Gasteiger partial charge is 0.447 e. The molecule has 1 aromatic heterocycles. The van der Waals surface area contributed by atoms with E-state index in [2.05, 4.69) is 36.5 Å². The molecule has 1 N–H and O–H groups in total. The van der Waals surface area contributed by atoms with Gasteiger partial charge in [-0.15, -0.1) is 11.3 Å². The third kappa shape index (κ3) is 4.39. The number of ether oxygens (including phenoxy) is 1. The van der Waals surface area contributed by atoms with Crippen LogP contribution in [0.3, 0.4) is 0 Å². The third-order valence-corrected chi connectivity index (χ3v) is 6.09. The Morgan fingerprint density at radius 3 is 2.50 bits per heavy atom. The van der Waals surface area contributed by atoms with E-state index in [1.807, 2.05) is 17.5 Å². The summed E-state index contributed by atoms with van der Waals surface area (Å²) in [6, 6.07) is 19.3. The van der Waals surface area contributed by atoms with E-state index in [0.717, 1.165) is 29.0 Å². The van der Waals surface area contributed by atoms with Crippen molar-refractivity contribution >= 4 is 29.0 Å². The molecule has 5 nitrogen and oxygen atoms in total. The normalized spacial score (nSPS) is 14.4. The van der Waals surface area contributed by atoms with Gasteiger partial charge in [-0.1, -0.05) is 43.7 Å². The molecular weight excluding hydrogens is 396 g/mol. The quantitative estimate of drug-likeness (QED) is 0.573. The van der Waals surface area contributed by atoms with Gasteiger partial charge in [-0.05, 0) is 53.3 Å². The fourth-order valence-electron chi connectivity index (χ4n) is 3.57. The molecule has 2 amide bonds. The number of rotatable bonds is 7. The molecule has 0 saturated carbocycles. The van der Waals surface area contributed by atoms with Gasteiger partial charge in [-0.2, -0.15) is 0 Å². The second-order valence-corrected chi connectivity index (χ2v) is 8.21. The molecule has 2 aromatic carbocycles. The van der Waals surface area contributed by atoms with Gasteiger partial charge in [0.2, 0.25) is 0 Å². The molecule has 3 aromatic rings. The summed E-state index contributed by atoms with van der Waals surface area (Å²) in [5.41, 5.74) is 3.64. The van der Waals surface area contributed by atoms with E-state index in [1.54, 1.807) is 40.5 Å². The van der Waals surface area contributed by atoms with Crippen LogP contribution in [0.1, 0.15) is 45.7 Å². The molecule has 30 heavy (non-hydrogen) atoms. The Morgan fingerprint density at radius 2 is 1.90 bits per heavy atom. The summed E-state index contributed by atoms with van der Waals surface area (Å²) in [4.78, 5) is 27.3. The predicted molar refractivity (Wildman–Crippen MR) is 119 cm³/mol. The minimum absolute atomic E-state index is 0.151. The molecule has 1 saturated heterocycles. The number of aryl methyl sites for hydroxylation is 1. The number of nitrogens with one attached hydrogen (secondary N) is 1. The first kappa shape index (κ1) is 20.2. The van der Waals surface area contributed by atoms with Crippen LogP contribution in [0.15, 0.2) is 66.0 Å². The fraction of sp³-hybridized carbons (Fsp3) is 0.250. The number of benzene rings is 2. The van der Waals surface area contributed by atoms with Crippen molar-refractivity contribution in [1.82, 2.24) is 5.32 Å². The number of thiophene rings is 1. The minimum atomic E-state index is -0.350. The Labute approximate surface area is 180 Å². The summed E-state index contributed by atoms with van der Waals surface area (Å²) in [5, 5.41) is 5.19. The van der Waals surface area contributed by atoms with Crippen LogP contribution in [0.2, 0.25) is 0 Å². The van der Waals surface area contributed by atoms with E-state index >= 15 is 0 Å². The molecule has 154 valence electrons. The summed E-state index contributed by atoms with van der Waals surface area (Å²) < 4.78 is 4.97. The number of hydrogen-bond donors (Lipinski definition) is 1. The van der Waals surface area contributed by atoms with Crippen LogP contribution in [0.5, 0.6) is 0 Å². The van der Waals surface area contributed by atoms with Crippen LogP contribution in [-0.2, 0) is 11.2 Å². The van der Waals surface area contributed by atoms with Crippen molar-refractivity contribution in [1.29, 1.82) is 0 Å². The standard InChI is InChI=1S/C24H24N2O3S/c1-2-4-17-6-8-18(9-7-17)22(21-5-3-16-30-21)25-23(27)19-10-12-20(13-11-19)26-14-15-29-24(26)28/h3,5-13,16,22H,2,4,14-15H2,1H3,(H,25,27). The molecule has 4 rings (SSSR count). The van der Waals surface area contributed by atoms with Crippen molar-refractivity contribution in [2.45, 2.75) is 25.8 Å². The maximum Gasteiger partial charge on any atom is 0.414 e. The molecule has 0 radical (unpaired) electrons. The number of cyclic esters (lactones) is 1. The zero-order valence-electron chi connectivity index (χ0n) is 16.8. The van der Waals surface area contributed by atoms with Gasteiger partial charge in [-0.25, -0.2) is 4.79 Å². The van der Waals surface area contributed by atoms with Crippen molar-refractivity contribution in [3.63, 3.8) is 0 Å². The molecule has 2 heterocycles. The highest BCUT2D eigenvalue weighted by Crippen LogP contribution is 2.27. The highest BCUT2D eigenvalue weighted by molar-refractivity contribution is 7.10. The topological polar surface area (TPSA) is 58.6 Å². The number of carbonyl (C=O) groups is 2. The third-order valence-electron chi connectivity index (χ3n) is 5.16. The molecule has 0 bridgehead atoms. The summed E-state index contributed by atoms with van der Waals surface area (Å²) in [6.45, 7) is 3.08. The molecule has 1 unspecified atom stereocenters. The Kier molecular flexibility index (Phi) is 6.14. The van der Waals surface area contributed by atoms with Crippen molar-refractivity contribution in [2.24, 2.45) is 0 Å². The average Bonchev–Trinajstić information content (AvgIpc) is 3.45. The van der Waals surface area contributed by atoms with E-state index in [1.165, 1.54) is 5.56 Å². The number of amides is 2. The summed E-state index contributed by atoms with van der Waals surface area (Å²) >= 11 is 1.62. The molecule has 6 heteroatoms. The number of nitrogens with zero attached hydrogens (tertiary/aromatic N) is 1. The number of carbonyl (C=O) groups excluding carboxylic acids is 2. The lowest BCUT2D eigenvalue weighted by Crippen LogP contribution is -2.29. The van der Waals surface area contributed by atoms with Crippen LogP contribution < -0.4 is 10.2 Å². The lowest BCUT2D eigenvalue weighted by atomic mass is 10.0. The lowest BCUT2D eigenvalue weighted by Gasteiger charge is -2.19. The molecule has 1 aliphatic heterocycles. The molecular formula is C24H24N2O3S.